The number of carbonyl (C=O) groups excluding carboxylic acids is 2. The van der Waals surface area contributed by atoms with E-state index < -0.39 is 15.9 Å². The SMILES string of the molecule is COCC(=O)Nc1cccc(NC(=O)CN2c3cccc4cccc(c34)S2(=O)=O)c1. The van der Waals surface area contributed by atoms with Gasteiger partial charge < -0.3 is 15.4 Å². The minimum absolute atomic E-state index is 0.0878. The number of methoxy groups -OCH3 is 1. The summed E-state index contributed by atoms with van der Waals surface area (Å²) in [5, 5.41) is 6.75. The van der Waals surface area contributed by atoms with E-state index in [-0.39, 0.29) is 24.0 Å². The van der Waals surface area contributed by atoms with E-state index in [0.717, 1.165) is 9.69 Å². The molecule has 0 spiro atoms. The van der Waals surface area contributed by atoms with E-state index in [1.54, 1.807) is 48.5 Å². The molecule has 0 atom stereocenters. The maximum absolute atomic E-state index is 13.0. The standard InChI is InChI=1S/C21H19N3O5S/c1-29-13-20(26)23-16-8-4-7-15(11-16)22-19(25)12-24-17-9-2-5-14-6-3-10-18(21(14)17)30(24,27)28/h2-11H,12-13H2,1H3,(H,22,25)(H,23,26). The molecule has 9 heteroatoms. The lowest BCUT2D eigenvalue weighted by molar-refractivity contribution is -0.119. The minimum atomic E-state index is -3.81. The van der Waals surface area contributed by atoms with Crippen molar-refractivity contribution in [2.24, 2.45) is 0 Å². The van der Waals surface area contributed by atoms with Gasteiger partial charge in [-0.1, -0.05) is 30.3 Å². The summed E-state index contributed by atoms with van der Waals surface area (Å²) >= 11 is 0. The van der Waals surface area contributed by atoms with Gasteiger partial charge in [-0.3, -0.25) is 13.9 Å². The molecule has 0 fully saturated rings. The van der Waals surface area contributed by atoms with E-state index in [2.05, 4.69) is 10.6 Å². The number of rotatable bonds is 6. The topological polar surface area (TPSA) is 105 Å². The Bertz CT molecular complexity index is 1250. The average Bonchev–Trinajstić information content (AvgIpc) is 2.92. The summed E-state index contributed by atoms with van der Waals surface area (Å²) in [4.78, 5) is 24.5. The first-order chi connectivity index (χ1) is 14.4. The Hall–Kier alpha value is -3.43. The van der Waals surface area contributed by atoms with Gasteiger partial charge in [0.05, 0.1) is 10.6 Å². The molecule has 0 bridgehead atoms. The number of sulfonamides is 1. The molecule has 2 N–H and O–H groups in total. The summed E-state index contributed by atoms with van der Waals surface area (Å²) in [6.45, 7) is -0.452. The molecule has 30 heavy (non-hydrogen) atoms. The summed E-state index contributed by atoms with van der Waals surface area (Å²) in [6, 6.07) is 16.9. The van der Waals surface area contributed by atoms with Crippen molar-refractivity contribution in [1.29, 1.82) is 0 Å². The second kappa shape index (κ2) is 7.77. The molecule has 8 nitrogen and oxygen atoms in total. The quantitative estimate of drug-likeness (QED) is 0.632. The highest BCUT2D eigenvalue weighted by Crippen LogP contribution is 2.41. The number of carbonyl (C=O) groups is 2. The number of benzene rings is 3. The molecule has 1 aliphatic heterocycles. The van der Waals surface area contributed by atoms with Crippen LogP contribution in [0.4, 0.5) is 17.1 Å². The fourth-order valence-electron chi connectivity index (χ4n) is 3.46. The zero-order chi connectivity index (χ0) is 21.3. The van der Waals surface area contributed by atoms with Crippen molar-refractivity contribution >= 4 is 49.7 Å². The Kier molecular flexibility index (Phi) is 5.15. The van der Waals surface area contributed by atoms with Crippen LogP contribution in [0, 0.1) is 0 Å². The van der Waals surface area contributed by atoms with Crippen LogP contribution < -0.4 is 14.9 Å². The van der Waals surface area contributed by atoms with E-state index >= 15 is 0 Å². The second-order valence-corrected chi connectivity index (χ2v) is 8.58. The molecule has 154 valence electrons. The van der Waals surface area contributed by atoms with E-state index in [0.29, 0.717) is 22.4 Å². The first-order valence-corrected chi connectivity index (χ1v) is 10.6. The van der Waals surface area contributed by atoms with Gasteiger partial charge in [0.15, 0.2) is 0 Å². The zero-order valence-electron chi connectivity index (χ0n) is 16.1. The van der Waals surface area contributed by atoms with Gasteiger partial charge in [0.1, 0.15) is 13.2 Å². The number of nitrogens with one attached hydrogen (secondary N) is 2. The van der Waals surface area contributed by atoms with Crippen LogP contribution in [-0.2, 0) is 24.3 Å². The first kappa shape index (κ1) is 19.9. The molecule has 3 aromatic rings. The Morgan fingerprint density at radius 3 is 2.27 bits per heavy atom. The van der Waals surface area contributed by atoms with Crippen LogP contribution in [-0.4, -0.2) is 40.5 Å². The number of amides is 2. The van der Waals surface area contributed by atoms with Gasteiger partial charge in [0.2, 0.25) is 11.8 Å². The van der Waals surface area contributed by atoms with Crippen LogP contribution in [0.15, 0.2) is 65.6 Å². The average molecular weight is 425 g/mol. The third-order valence-electron chi connectivity index (χ3n) is 4.67. The van der Waals surface area contributed by atoms with Crippen LogP contribution in [0.5, 0.6) is 0 Å². The predicted octanol–water partition coefficient (Wildman–Crippen LogP) is 2.57. The lowest BCUT2D eigenvalue weighted by atomic mass is 10.1. The fourth-order valence-corrected chi connectivity index (χ4v) is 5.13. The van der Waals surface area contributed by atoms with E-state index in [9.17, 15) is 18.0 Å². The highest BCUT2D eigenvalue weighted by Gasteiger charge is 2.36. The van der Waals surface area contributed by atoms with Gasteiger partial charge in [-0.25, -0.2) is 8.42 Å². The minimum Gasteiger partial charge on any atom is -0.375 e. The monoisotopic (exact) mass is 425 g/mol. The van der Waals surface area contributed by atoms with Gasteiger partial charge in [0, 0.05) is 23.9 Å². The molecule has 2 amide bonds. The van der Waals surface area contributed by atoms with Gasteiger partial charge in [-0.2, -0.15) is 0 Å². The predicted molar refractivity (Wildman–Crippen MR) is 114 cm³/mol. The van der Waals surface area contributed by atoms with Crippen molar-refractivity contribution in [3.8, 4) is 0 Å². The lowest BCUT2D eigenvalue weighted by Gasteiger charge is -2.18. The molecule has 4 rings (SSSR count). The van der Waals surface area contributed by atoms with Crippen molar-refractivity contribution in [1.82, 2.24) is 0 Å². The van der Waals surface area contributed by atoms with Gasteiger partial charge in [-0.05, 0) is 35.7 Å². The van der Waals surface area contributed by atoms with Crippen molar-refractivity contribution < 1.29 is 22.7 Å². The molecule has 0 radical (unpaired) electrons. The smallest absolute Gasteiger partial charge is 0.265 e. The van der Waals surface area contributed by atoms with Crippen LogP contribution >= 0.6 is 0 Å². The maximum atomic E-state index is 13.0. The molecule has 0 aliphatic carbocycles. The molecular formula is C21H19N3O5S. The van der Waals surface area contributed by atoms with Crippen molar-refractivity contribution in [3.05, 3.63) is 60.7 Å². The Labute approximate surface area is 173 Å². The normalized spacial score (nSPS) is 14.0. The first-order valence-electron chi connectivity index (χ1n) is 9.13. The third kappa shape index (κ3) is 3.60. The number of nitrogens with zero attached hydrogens (tertiary/aromatic N) is 1. The van der Waals surface area contributed by atoms with Crippen LogP contribution in [0.3, 0.4) is 0 Å². The summed E-state index contributed by atoms with van der Waals surface area (Å²) in [6.07, 6.45) is 0. The highest BCUT2D eigenvalue weighted by atomic mass is 32.2. The van der Waals surface area contributed by atoms with E-state index in [1.807, 2.05) is 12.1 Å². The summed E-state index contributed by atoms with van der Waals surface area (Å²) in [5.41, 5.74) is 1.40. The summed E-state index contributed by atoms with van der Waals surface area (Å²) < 4.78 is 31.8. The van der Waals surface area contributed by atoms with Crippen molar-refractivity contribution in [2.45, 2.75) is 4.90 Å². The largest absolute Gasteiger partial charge is 0.375 e. The van der Waals surface area contributed by atoms with Gasteiger partial charge >= 0.3 is 0 Å². The number of anilines is 3. The number of hydrogen-bond donors (Lipinski definition) is 2. The number of ether oxygens (including phenoxy) is 1. The summed E-state index contributed by atoms with van der Waals surface area (Å²) in [7, 11) is -2.40. The molecule has 3 aromatic carbocycles. The van der Waals surface area contributed by atoms with E-state index in [1.165, 1.54) is 7.11 Å². The molecule has 0 saturated heterocycles. The van der Waals surface area contributed by atoms with Crippen LogP contribution in [0.25, 0.3) is 10.8 Å². The Balaban J connectivity index is 1.53. The number of hydrogen-bond acceptors (Lipinski definition) is 5. The molecule has 0 aromatic heterocycles. The highest BCUT2D eigenvalue weighted by molar-refractivity contribution is 7.93. The molecule has 1 heterocycles. The second-order valence-electron chi connectivity index (χ2n) is 6.75. The summed E-state index contributed by atoms with van der Waals surface area (Å²) in [5.74, 6) is -0.821. The third-order valence-corrected chi connectivity index (χ3v) is 6.48. The Morgan fingerprint density at radius 2 is 1.57 bits per heavy atom. The van der Waals surface area contributed by atoms with Crippen molar-refractivity contribution in [2.75, 3.05) is 35.2 Å². The van der Waals surface area contributed by atoms with Crippen molar-refractivity contribution in [3.63, 3.8) is 0 Å². The van der Waals surface area contributed by atoms with Gasteiger partial charge in [0.25, 0.3) is 10.0 Å². The lowest BCUT2D eigenvalue weighted by Crippen LogP contribution is -2.35. The van der Waals surface area contributed by atoms with E-state index in [4.69, 9.17) is 4.74 Å². The van der Waals surface area contributed by atoms with Crippen LogP contribution in [0.1, 0.15) is 0 Å². The van der Waals surface area contributed by atoms with Gasteiger partial charge in [-0.15, -0.1) is 0 Å². The molecular weight excluding hydrogens is 406 g/mol. The maximum Gasteiger partial charge on any atom is 0.265 e. The van der Waals surface area contributed by atoms with Crippen LogP contribution in [0.2, 0.25) is 0 Å². The zero-order valence-corrected chi connectivity index (χ0v) is 16.9. The Morgan fingerprint density at radius 1 is 0.933 bits per heavy atom. The molecule has 0 saturated carbocycles. The fraction of sp³-hybridized carbons (Fsp3) is 0.143. The molecule has 0 unspecified atom stereocenters. The molecule has 1 aliphatic rings.